The van der Waals surface area contributed by atoms with Crippen LogP contribution in [0.3, 0.4) is 0 Å². The van der Waals surface area contributed by atoms with Crippen LogP contribution in [0.4, 0.5) is 0 Å². The lowest BCUT2D eigenvalue weighted by Gasteiger charge is -2.49. The molecule has 0 atom stereocenters. The normalized spacial score (nSPS) is 12.2. The molecule has 0 unspecified atom stereocenters. The van der Waals surface area contributed by atoms with Crippen molar-refractivity contribution >= 4 is 0 Å². The van der Waals surface area contributed by atoms with E-state index in [1.165, 1.54) is 0 Å². The maximum Gasteiger partial charge on any atom is 0.121 e. The second kappa shape index (κ2) is 9.92. The number of rotatable bonds is 5. The van der Waals surface area contributed by atoms with Crippen molar-refractivity contribution in [3.63, 3.8) is 0 Å². The van der Waals surface area contributed by atoms with Gasteiger partial charge < -0.3 is 20.4 Å². The molecule has 0 aliphatic carbocycles. The molecule has 0 bridgehead atoms. The molecule has 4 nitrogen and oxygen atoms in total. The Bertz CT molecular complexity index is 1310. The van der Waals surface area contributed by atoms with E-state index in [-0.39, 0.29) is 23.0 Å². The molecule has 0 heterocycles. The number of aryl methyl sites for hydroxylation is 8. The minimum absolute atomic E-state index is 0.276. The van der Waals surface area contributed by atoms with E-state index in [4.69, 9.17) is 0 Å². The third kappa shape index (κ3) is 4.30. The fraction of sp³-hybridized carbons (Fsp3) is 0.333. The largest absolute Gasteiger partial charge is 0.507 e. The first kappa shape index (κ1) is 29.1. The van der Waals surface area contributed by atoms with Crippen LogP contribution in [0.2, 0.25) is 0 Å². The van der Waals surface area contributed by atoms with Crippen molar-refractivity contribution in [2.75, 3.05) is 0 Å². The van der Waals surface area contributed by atoms with E-state index in [0.29, 0.717) is 0 Å². The lowest BCUT2D eigenvalue weighted by atomic mass is 9.52. The lowest BCUT2D eigenvalue weighted by Crippen LogP contribution is -2.47. The predicted molar refractivity (Wildman–Crippen MR) is 163 cm³/mol. The van der Waals surface area contributed by atoms with Crippen LogP contribution in [0.5, 0.6) is 23.0 Å². The highest BCUT2D eigenvalue weighted by Crippen LogP contribution is 2.55. The SMILES string of the molecule is Cc1cc(C(C)(c2cc(C)c(O)c(C)c2)C(C)(c2cc(C)c(O)c(C)c2)c2cc(C)c(O)c(C)c2)cc(C)c1O. The van der Waals surface area contributed by atoms with Gasteiger partial charge in [0, 0.05) is 10.8 Å². The summed E-state index contributed by atoms with van der Waals surface area (Å²) in [6, 6.07) is 16.4. The molecule has 0 aromatic heterocycles. The molecule has 0 fully saturated rings. The Kier molecular flexibility index (Phi) is 7.21. The summed E-state index contributed by atoms with van der Waals surface area (Å²) in [4.78, 5) is 0. The second-order valence-corrected chi connectivity index (χ2v) is 12.1. The quantitative estimate of drug-likeness (QED) is 0.206. The highest BCUT2D eigenvalue weighted by molar-refractivity contribution is 5.62. The van der Waals surface area contributed by atoms with Gasteiger partial charge in [0.15, 0.2) is 0 Å². The first-order valence-electron chi connectivity index (χ1n) is 13.8. The Morgan fingerprint density at radius 3 is 0.575 bits per heavy atom. The number of aromatic hydroxyl groups is 4. The van der Waals surface area contributed by atoms with Crippen molar-refractivity contribution in [1.82, 2.24) is 0 Å². The third-order valence-electron chi connectivity index (χ3n) is 9.27. The van der Waals surface area contributed by atoms with Crippen LogP contribution in [0, 0.1) is 55.4 Å². The average Bonchev–Trinajstić information content (AvgIpc) is 2.89. The molecule has 210 valence electrons. The third-order valence-corrected chi connectivity index (χ3v) is 9.27. The Labute approximate surface area is 238 Å². The van der Waals surface area contributed by atoms with Gasteiger partial charge in [-0.15, -0.1) is 0 Å². The standard InChI is InChI=1S/C36H42O4/c1-19-11-27(12-20(2)31(19)37)35(9,28-13-21(3)32(38)22(4)14-28)36(10,29-15-23(5)33(39)24(6)16-29)30-17-25(7)34(40)26(8)18-30/h11-18,37-40H,1-10H3. The maximum atomic E-state index is 10.7. The minimum Gasteiger partial charge on any atom is -0.507 e. The molecule has 0 aliphatic rings. The number of phenolic OH excluding ortho intramolecular Hbond substituents is 4. The van der Waals surface area contributed by atoms with Gasteiger partial charge in [-0.25, -0.2) is 0 Å². The van der Waals surface area contributed by atoms with Gasteiger partial charge in [0.1, 0.15) is 23.0 Å². The van der Waals surface area contributed by atoms with Crippen LogP contribution in [0.15, 0.2) is 48.5 Å². The van der Waals surface area contributed by atoms with Crippen LogP contribution in [0.1, 0.15) is 80.6 Å². The van der Waals surface area contributed by atoms with Crippen molar-refractivity contribution in [2.24, 2.45) is 0 Å². The number of hydrogen-bond donors (Lipinski definition) is 4. The zero-order valence-corrected chi connectivity index (χ0v) is 25.4. The number of benzene rings is 4. The highest BCUT2D eigenvalue weighted by Gasteiger charge is 2.50. The fourth-order valence-electron chi connectivity index (χ4n) is 6.47. The molecule has 0 spiro atoms. The minimum atomic E-state index is -0.731. The van der Waals surface area contributed by atoms with E-state index in [1.807, 2.05) is 55.4 Å². The fourth-order valence-corrected chi connectivity index (χ4v) is 6.47. The molecule has 0 saturated heterocycles. The van der Waals surface area contributed by atoms with Gasteiger partial charge in [0.25, 0.3) is 0 Å². The van der Waals surface area contributed by atoms with E-state index in [2.05, 4.69) is 62.4 Å². The summed E-state index contributed by atoms with van der Waals surface area (Å²) in [6.07, 6.45) is 0. The van der Waals surface area contributed by atoms with Crippen molar-refractivity contribution in [1.29, 1.82) is 0 Å². The van der Waals surface area contributed by atoms with E-state index in [1.54, 1.807) is 0 Å². The molecule has 0 radical (unpaired) electrons. The zero-order chi connectivity index (χ0) is 29.9. The summed E-state index contributed by atoms with van der Waals surface area (Å²) < 4.78 is 0. The molecule has 4 rings (SSSR count). The maximum absolute atomic E-state index is 10.7. The smallest absolute Gasteiger partial charge is 0.121 e. The first-order valence-corrected chi connectivity index (χ1v) is 13.8. The Morgan fingerprint density at radius 1 is 0.325 bits per heavy atom. The molecule has 0 aliphatic heterocycles. The van der Waals surface area contributed by atoms with E-state index in [9.17, 15) is 20.4 Å². The Balaban J connectivity index is 2.28. The van der Waals surface area contributed by atoms with Gasteiger partial charge in [-0.1, -0.05) is 62.4 Å². The Hall–Kier alpha value is -3.92. The highest BCUT2D eigenvalue weighted by atomic mass is 16.3. The van der Waals surface area contributed by atoms with Crippen LogP contribution < -0.4 is 0 Å². The molecule has 40 heavy (non-hydrogen) atoms. The van der Waals surface area contributed by atoms with Crippen molar-refractivity contribution < 1.29 is 20.4 Å². The molecule has 4 N–H and O–H groups in total. The molecule has 4 heteroatoms. The molecule has 4 aromatic carbocycles. The molecular weight excluding hydrogens is 496 g/mol. The van der Waals surface area contributed by atoms with E-state index >= 15 is 0 Å². The van der Waals surface area contributed by atoms with E-state index < -0.39 is 10.8 Å². The van der Waals surface area contributed by atoms with Crippen LogP contribution in [-0.2, 0) is 10.8 Å². The van der Waals surface area contributed by atoms with Gasteiger partial charge in [-0.3, -0.25) is 0 Å². The monoisotopic (exact) mass is 538 g/mol. The average molecular weight is 539 g/mol. The van der Waals surface area contributed by atoms with Gasteiger partial charge in [-0.2, -0.15) is 0 Å². The molecule has 0 amide bonds. The number of hydrogen-bond acceptors (Lipinski definition) is 4. The van der Waals surface area contributed by atoms with Crippen molar-refractivity contribution in [3.8, 4) is 23.0 Å². The molecule has 0 saturated carbocycles. The molecular formula is C36H42O4. The summed E-state index contributed by atoms with van der Waals surface area (Å²) in [7, 11) is 0. The van der Waals surface area contributed by atoms with Gasteiger partial charge in [-0.05, 0) is 122 Å². The summed E-state index contributed by atoms with van der Waals surface area (Å²) in [6.45, 7) is 19.8. The molecule has 4 aromatic rings. The first-order chi connectivity index (χ1) is 18.5. The summed E-state index contributed by atoms with van der Waals surface area (Å²) in [5, 5.41) is 43.0. The van der Waals surface area contributed by atoms with Crippen molar-refractivity contribution in [3.05, 3.63) is 115 Å². The predicted octanol–water partition coefficient (Wildman–Crippen LogP) is 8.29. The van der Waals surface area contributed by atoms with Gasteiger partial charge in [0.2, 0.25) is 0 Å². The summed E-state index contributed by atoms with van der Waals surface area (Å²) >= 11 is 0. The van der Waals surface area contributed by atoms with Crippen LogP contribution >= 0.6 is 0 Å². The summed E-state index contributed by atoms with van der Waals surface area (Å²) in [5.74, 6) is 1.11. The Morgan fingerprint density at radius 2 is 0.450 bits per heavy atom. The van der Waals surface area contributed by atoms with Crippen LogP contribution in [-0.4, -0.2) is 20.4 Å². The summed E-state index contributed by atoms with van der Waals surface area (Å²) in [5.41, 5.74) is 8.86. The van der Waals surface area contributed by atoms with Crippen molar-refractivity contribution in [2.45, 2.75) is 80.1 Å². The van der Waals surface area contributed by atoms with E-state index in [0.717, 1.165) is 66.8 Å². The van der Waals surface area contributed by atoms with Gasteiger partial charge in [0.05, 0.1) is 0 Å². The second-order valence-electron chi connectivity index (χ2n) is 12.1. The van der Waals surface area contributed by atoms with Gasteiger partial charge >= 0.3 is 0 Å². The zero-order valence-electron chi connectivity index (χ0n) is 25.4. The number of phenols is 4. The lowest BCUT2D eigenvalue weighted by molar-refractivity contribution is 0.355. The van der Waals surface area contributed by atoms with Crippen LogP contribution in [0.25, 0.3) is 0 Å². The topological polar surface area (TPSA) is 80.9 Å².